The van der Waals surface area contributed by atoms with E-state index in [0.29, 0.717) is 0 Å². The van der Waals surface area contributed by atoms with Crippen molar-refractivity contribution in [3.8, 4) is 5.75 Å². The summed E-state index contributed by atoms with van der Waals surface area (Å²) in [6, 6.07) is 4.00. The van der Waals surface area contributed by atoms with Gasteiger partial charge in [0.2, 0.25) is 0 Å². The second-order valence-electron chi connectivity index (χ2n) is 2.90. The Balaban J connectivity index is 2.46. The van der Waals surface area contributed by atoms with Crippen molar-refractivity contribution >= 4 is 5.65 Å². The zero-order valence-corrected chi connectivity index (χ0v) is 6.53. The van der Waals surface area contributed by atoms with Crippen LogP contribution in [0.4, 0.5) is 0 Å². The van der Waals surface area contributed by atoms with Gasteiger partial charge in [0.1, 0.15) is 5.65 Å². The highest BCUT2D eigenvalue weighted by molar-refractivity contribution is 5.45. The summed E-state index contributed by atoms with van der Waals surface area (Å²) in [5.74, 6) is 0.929. The molecule has 0 unspecified atom stereocenters. The largest absolute Gasteiger partial charge is 0.490 e. The van der Waals surface area contributed by atoms with Crippen LogP contribution in [0.2, 0.25) is 0 Å². The van der Waals surface area contributed by atoms with Crippen LogP contribution in [0.25, 0.3) is 5.65 Å². The van der Waals surface area contributed by atoms with Crippen molar-refractivity contribution in [2.45, 2.75) is 6.42 Å². The van der Waals surface area contributed by atoms with E-state index in [-0.39, 0.29) is 0 Å². The zero-order valence-electron chi connectivity index (χ0n) is 6.53. The number of hydrogen-bond acceptors (Lipinski definition) is 2. The molecule has 0 fully saturated rings. The molecule has 3 rings (SSSR count). The summed E-state index contributed by atoms with van der Waals surface area (Å²) in [7, 11) is 0. The van der Waals surface area contributed by atoms with Gasteiger partial charge in [-0.05, 0) is 12.1 Å². The number of nitrogens with zero attached hydrogens (tertiary/aromatic N) is 2. The fraction of sp³-hybridized carbons (Fsp3) is 0.222. The Kier molecular flexibility index (Phi) is 1.01. The number of rotatable bonds is 0. The van der Waals surface area contributed by atoms with Crippen LogP contribution in [0.15, 0.2) is 24.5 Å². The van der Waals surface area contributed by atoms with Crippen LogP contribution in [0.1, 0.15) is 5.69 Å². The minimum Gasteiger partial charge on any atom is -0.490 e. The average Bonchev–Trinajstić information content (AvgIpc) is 2.71. The van der Waals surface area contributed by atoms with Gasteiger partial charge in [0, 0.05) is 12.6 Å². The predicted octanol–water partition coefficient (Wildman–Crippen LogP) is 1.27. The van der Waals surface area contributed by atoms with Gasteiger partial charge in [-0.25, -0.2) is 4.98 Å². The summed E-state index contributed by atoms with van der Waals surface area (Å²) in [6.07, 6.45) is 4.82. The van der Waals surface area contributed by atoms with Crippen molar-refractivity contribution < 1.29 is 4.74 Å². The topological polar surface area (TPSA) is 26.5 Å². The molecule has 0 bridgehead atoms. The van der Waals surface area contributed by atoms with E-state index in [9.17, 15) is 0 Å². The summed E-state index contributed by atoms with van der Waals surface area (Å²) < 4.78 is 7.48. The average molecular weight is 160 g/mol. The Morgan fingerprint density at radius 1 is 1.50 bits per heavy atom. The lowest BCUT2D eigenvalue weighted by Gasteiger charge is -2.00. The lowest BCUT2D eigenvalue weighted by Crippen LogP contribution is -1.92. The number of fused-ring (bicyclic) bond motifs is 3. The summed E-state index contributed by atoms with van der Waals surface area (Å²) >= 11 is 0. The van der Waals surface area contributed by atoms with Crippen LogP contribution in [0.3, 0.4) is 0 Å². The normalized spacial score (nSPS) is 14.7. The third-order valence-corrected chi connectivity index (χ3v) is 2.21. The summed E-state index contributed by atoms with van der Waals surface area (Å²) in [5, 5.41) is 0. The molecule has 12 heavy (non-hydrogen) atoms. The van der Waals surface area contributed by atoms with E-state index in [0.717, 1.165) is 24.4 Å². The zero-order chi connectivity index (χ0) is 7.97. The Morgan fingerprint density at radius 2 is 2.50 bits per heavy atom. The predicted molar refractivity (Wildman–Crippen MR) is 44.4 cm³/mol. The molecular weight excluding hydrogens is 152 g/mol. The molecule has 3 nitrogen and oxygen atoms in total. The smallest absolute Gasteiger partial charge is 0.157 e. The van der Waals surface area contributed by atoms with Gasteiger partial charge in [-0.1, -0.05) is 0 Å². The highest BCUT2D eigenvalue weighted by atomic mass is 16.5. The summed E-state index contributed by atoms with van der Waals surface area (Å²) in [4.78, 5) is 4.25. The molecule has 0 spiro atoms. The number of aromatic nitrogens is 2. The van der Waals surface area contributed by atoms with E-state index in [2.05, 4.69) is 9.38 Å². The minimum absolute atomic E-state index is 0.786. The third-order valence-electron chi connectivity index (χ3n) is 2.21. The van der Waals surface area contributed by atoms with Gasteiger partial charge in [0.25, 0.3) is 0 Å². The van der Waals surface area contributed by atoms with E-state index in [1.807, 2.05) is 18.3 Å². The van der Waals surface area contributed by atoms with Gasteiger partial charge in [-0.3, -0.25) is 0 Å². The molecule has 0 saturated heterocycles. The standard InChI is InChI=1S/C9H8N2O/c1-2-9-10-6-8-7(3-5-12-8)11(9)4-1/h1-2,4,6H,3,5H2. The summed E-state index contributed by atoms with van der Waals surface area (Å²) in [6.45, 7) is 0.786. The fourth-order valence-corrected chi connectivity index (χ4v) is 1.65. The molecule has 0 aromatic carbocycles. The van der Waals surface area contributed by atoms with Crippen molar-refractivity contribution in [2.24, 2.45) is 0 Å². The van der Waals surface area contributed by atoms with Crippen LogP contribution in [-0.2, 0) is 6.42 Å². The first-order valence-corrected chi connectivity index (χ1v) is 4.03. The molecule has 1 aliphatic heterocycles. The van der Waals surface area contributed by atoms with Gasteiger partial charge in [0.05, 0.1) is 18.5 Å². The third kappa shape index (κ3) is 0.630. The molecular formula is C9H8N2O. The maximum absolute atomic E-state index is 5.39. The summed E-state index contributed by atoms with van der Waals surface area (Å²) in [5.41, 5.74) is 2.24. The molecule has 1 aliphatic rings. The molecule has 0 saturated carbocycles. The molecule has 0 N–H and O–H groups in total. The molecule has 3 heterocycles. The molecule has 0 amide bonds. The van der Waals surface area contributed by atoms with Crippen molar-refractivity contribution in [3.63, 3.8) is 0 Å². The molecule has 60 valence electrons. The molecule has 2 aromatic rings. The second-order valence-corrected chi connectivity index (χ2v) is 2.90. The van der Waals surface area contributed by atoms with Gasteiger partial charge < -0.3 is 9.14 Å². The lowest BCUT2D eigenvalue weighted by molar-refractivity contribution is 0.356. The van der Waals surface area contributed by atoms with Crippen molar-refractivity contribution in [1.29, 1.82) is 0 Å². The van der Waals surface area contributed by atoms with E-state index in [4.69, 9.17) is 4.74 Å². The van der Waals surface area contributed by atoms with Crippen LogP contribution in [-0.4, -0.2) is 16.0 Å². The Morgan fingerprint density at radius 3 is 3.50 bits per heavy atom. The van der Waals surface area contributed by atoms with Crippen LogP contribution in [0, 0.1) is 0 Å². The first-order chi connectivity index (χ1) is 5.95. The maximum atomic E-state index is 5.39. The van der Waals surface area contributed by atoms with Crippen molar-refractivity contribution in [1.82, 2.24) is 9.38 Å². The Hall–Kier alpha value is -1.51. The number of ether oxygens (including phenoxy) is 1. The van der Waals surface area contributed by atoms with Crippen molar-refractivity contribution in [3.05, 3.63) is 30.2 Å². The highest BCUT2D eigenvalue weighted by Crippen LogP contribution is 2.24. The molecule has 3 heteroatoms. The Labute approximate surface area is 69.6 Å². The second kappa shape index (κ2) is 2.00. The van der Waals surface area contributed by atoms with Crippen LogP contribution >= 0.6 is 0 Å². The fourth-order valence-electron chi connectivity index (χ4n) is 1.65. The molecule has 2 aromatic heterocycles. The van der Waals surface area contributed by atoms with E-state index in [1.165, 1.54) is 5.69 Å². The quantitative estimate of drug-likeness (QED) is 0.580. The first kappa shape index (κ1) is 6.06. The Bertz CT molecular complexity index is 433. The monoisotopic (exact) mass is 160 g/mol. The number of hydrogen-bond donors (Lipinski definition) is 0. The van der Waals surface area contributed by atoms with E-state index in [1.54, 1.807) is 6.20 Å². The molecule has 0 atom stereocenters. The van der Waals surface area contributed by atoms with Gasteiger partial charge in [-0.2, -0.15) is 0 Å². The van der Waals surface area contributed by atoms with Gasteiger partial charge >= 0.3 is 0 Å². The lowest BCUT2D eigenvalue weighted by atomic mass is 10.3. The van der Waals surface area contributed by atoms with E-state index >= 15 is 0 Å². The van der Waals surface area contributed by atoms with Crippen LogP contribution in [0.5, 0.6) is 5.75 Å². The van der Waals surface area contributed by atoms with Crippen LogP contribution < -0.4 is 4.74 Å². The van der Waals surface area contributed by atoms with Gasteiger partial charge in [0.15, 0.2) is 5.75 Å². The highest BCUT2D eigenvalue weighted by Gasteiger charge is 2.14. The minimum atomic E-state index is 0.786. The van der Waals surface area contributed by atoms with E-state index < -0.39 is 0 Å². The molecule has 0 radical (unpaired) electrons. The first-order valence-electron chi connectivity index (χ1n) is 4.03. The maximum Gasteiger partial charge on any atom is 0.157 e. The van der Waals surface area contributed by atoms with Crippen molar-refractivity contribution in [2.75, 3.05) is 6.61 Å². The molecule has 0 aliphatic carbocycles. The van der Waals surface area contributed by atoms with Gasteiger partial charge in [-0.15, -0.1) is 0 Å². The SMILES string of the molecule is c1cc2ncc3c(n2c1)CCO3.